The van der Waals surface area contributed by atoms with Crippen LogP contribution in [0.5, 0.6) is 0 Å². The van der Waals surface area contributed by atoms with Crippen LogP contribution in [0.1, 0.15) is 19.3 Å². The fraction of sp³-hybridized carbons (Fsp3) is 0.714. The maximum atomic E-state index is 11.0. The second kappa shape index (κ2) is 3.94. The van der Waals surface area contributed by atoms with Gasteiger partial charge in [0.25, 0.3) is 0 Å². The number of hydrogen-bond donors (Lipinski definition) is 3. The van der Waals surface area contributed by atoms with E-state index in [4.69, 9.17) is 5.73 Å². The molecule has 3 amide bonds. The number of urea groups is 1. The van der Waals surface area contributed by atoms with Crippen molar-refractivity contribution in [2.75, 3.05) is 6.54 Å². The number of primary amides is 1. The quantitative estimate of drug-likeness (QED) is 0.523. The highest BCUT2D eigenvalue weighted by Gasteiger charge is 2.22. The van der Waals surface area contributed by atoms with Gasteiger partial charge in [-0.15, -0.1) is 0 Å². The van der Waals surface area contributed by atoms with Crippen LogP contribution in [0.15, 0.2) is 0 Å². The van der Waals surface area contributed by atoms with E-state index in [0.29, 0.717) is 19.0 Å². The van der Waals surface area contributed by atoms with E-state index in [2.05, 4.69) is 10.6 Å². The highest BCUT2D eigenvalue weighted by molar-refractivity contribution is 5.78. The highest BCUT2D eigenvalue weighted by Crippen LogP contribution is 2.18. The van der Waals surface area contributed by atoms with E-state index in [0.717, 1.165) is 12.8 Å². The Morgan fingerprint density at radius 1 is 1.42 bits per heavy atom. The number of hydrogen-bond acceptors (Lipinski definition) is 2. The minimum atomic E-state index is -0.589. The average molecular weight is 171 g/mol. The summed E-state index contributed by atoms with van der Waals surface area (Å²) >= 11 is 0. The maximum absolute atomic E-state index is 11.0. The standard InChI is InChI=1S/C7H13N3O2/c8-7(12)9-4-3-6(11)10-5-1-2-5/h5H,1-4H2,(H,10,11)(H3,8,9,12). The van der Waals surface area contributed by atoms with Gasteiger partial charge in [0.2, 0.25) is 5.91 Å². The molecule has 0 spiro atoms. The minimum absolute atomic E-state index is 0.0220. The Balaban J connectivity index is 1.97. The molecule has 12 heavy (non-hydrogen) atoms. The molecule has 0 atom stereocenters. The van der Waals surface area contributed by atoms with Crippen molar-refractivity contribution in [3.8, 4) is 0 Å². The third-order valence-corrected chi connectivity index (χ3v) is 1.59. The molecule has 0 aromatic rings. The summed E-state index contributed by atoms with van der Waals surface area (Å²) in [6, 6.07) is -0.208. The topological polar surface area (TPSA) is 84.2 Å². The predicted molar refractivity (Wildman–Crippen MR) is 43.4 cm³/mol. The van der Waals surface area contributed by atoms with Gasteiger partial charge in [-0.2, -0.15) is 0 Å². The van der Waals surface area contributed by atoms with Gasteiger partial charge in [0.15, 0.2) is 0 Å². The molecule has 0 aromatic carbocycles. The van der Waals surface area contributed by atoms with Crippen LogP contribution < -0.4 is 16.4 Å². The van der Waals surface area contributed by atoms with Crippen LogP contribution >= 0.6 is 0 Å². The molecule has 1 saturated carbocycles. The lowest BCUT2D eigenvalue weighted by atomic mass is 10.4. The van der Waals surface area contributed by atoms with E-state index in [1.165, 1.54) is 0 Å². The third-order valence-electron chi connectivity index (χ3n) is 1.59. The van der Waals surface area contributed by atoms with Crippen LogP contribution in [0, 0.1) is 0 Å². The lowest BCUT2D eigenvalue weighted by Gasteiger charge is -2.02. The number of carbonyl (C=O) groups is 2. The second-order valence-corrected chi connectivity index (χ2v) is 2.88. The Bertz CT molecular complexity index is 189. The van der Waals surface area contributed by atoms with Crippen LogP contribution in [-0.4, -0.2) is 24.5 Å². The van der Waals surface area contributed by atoms with Gasteiger partial charge in [-0.3, -0.25) is 4.79 Å². The first-order chi connectivity index (χ1) is 5.68. The smallest absolute Gasteiger partial charge is 0.312 e. The molecular weight excluding hydrogens is 158 g/mol. The van der Waals surface area contributed by atoms with Gasteiger partial charge in [0.1, 0.15) is 0 Å². The van der Waals surface area contributed by atoms with Crippen molar-refractivity contribution in [1.82, 2.24) is 10.6 Å². The van der Waals surface area contributed by atoms with Crippen LogP contribution in [0.2, 0.25) is 0 Å². The van der Waals surface area contributed by atoms with E-state index >= 15 is 0 Å². The van der Waals surface area contributed by atoms with Gasteiger partial charge < -0.3 is 16.4 Å². The molecule has 1 fully saturated rings. The van der Waals surface area contributed by atoms with Crippen molar-refractivity contribution in [2.24, 2.45) is 5.73 Å². The Labute approximate surface area is 70.7 Å². The molecule has 4 N–H and O–H groups in total. The number of nitrogens with two attached hydrogens (primary N) is 1. The molecule has 0 heterocycles. The van der Waals surface area contributed by atoms with E-state index in [1.807, 2.05) is 0 Å². The predicted octanol–water partition coefficient (Wildman–Crippen LogP) is -0.677. The molecule has 0 bridgehead atoms. The molecular formula is C7H13N3O2. The van der Waals surface area contributed by atoms with Gasteiger partial charge in [0, 0.05) is 19.0 Å². The number of nitrogens with one attached hydrogen (secondary N) is 2. The summed E-state index contributed by atoms with van der Waals surface area (Å²) in [6.45, 7) is 0.313. The minimum Gasteiger partial charge on any atom is -0.353 e. The van der Waals surface area contributed by atoms with Gasteiger partial charge in [0.05, 0.1) is 0 Å². The Kier molecular flexibility index (Phi) is 2.90. The Morgan fingerprint density at radius 2 is 2.08 bits per heavy atom. The van der Waals surface area contributed by atoms with E-state index in [-0.39, 0.29) is 5.91 Å². The van der Waals surface area contributed by atoms with Crippen LogP contribution in [0.4, 0.5) is 4.79 Å². The lowest BCUT2D eigenvalue weighted by molar-refractivity contribution is -0.121. The van der Waals surface area contributed by atoms with Gasteiger partial charge in [-0.25, -0.2) is 4.79 Å². The Morgan fingerprint density at radius 3 is 2.58 bits per heavy atom. The SMILES string of the molecule is NC(=O)NCCC(=O)NC1CC1. The van der Waals surface area contributed by atoms with Gasteiger partial charge in [-0.05, 0) is 12.8 Å². The van der Waals surface area contributed by atoms with Crippen LogP contribution in [-0.2, 0) is 4.79 Å². The maximum Gasteiger partial charge on any atom is 0.312 e. The monoisotopic (exact) mass is 171 g/mol. The summed E-state index contributed by atoms with van der Waals surface area (Å²) in [7, 11) is 0. The van der Waals surface area contributed by atoms with Crippen molar-refractivity contribution >= 4 is 11.9 Å². The highest BCUT2D eigenvalue weighted by atomic mass is 16.2. The van der Waals surface area contributed by atoms with Crippen molar-refractivity contribution < 1.29 is 9.59 Å². The fourth-order valence-corrected chi connectivity index (χ4v) is 0.827. The van der Waals surface area contributed by atoms with Crippen molar-refractivity contribution in [3.63, 3.8) is 0 Å². The molecule has 0 saturated heterocycles. The molecule has 0 radical (unpaired) electrons. The van der Waals surface area contributed by atoms with Crippen molar-refractivity contribution in [1.29, 1.82) is 0 Å². The average Bonchev–Trinajstić information content (AvgIpc) is 2.70. The largest absolute Gasteiger partial charge is 0.353 e. The molecule has 1 aliphatic rings. The van der Waals surface area contributed by atoms with Crippen LogP contribution in [0.25, 0.3) is 0 Å². The summed E-state index contributed by atoms with van der Waals surface area (Å²) in [5.74, 6) is -0.0220. The Hall–Kier alpha value is -1.26. The fourth-order valence-electron chi connectivity index (χ4n) is 0.827. The van der Waals surface area contributed by atoms with E-state index in [1.54, 1.807) is 0 Å². The molecule has 5 nitrogen and oxygen atoms in total. The van der Waals surface area contributed by atoms with Gasteiger partial charge >= 0.3 is 6.03 Å². The summed E-state index contributed by atoms with van der Waals surface area (Å²) < 4.78 is 0. The van der Waals surface area contributed by atoms with Crippen molar-refractivity contribution in [3.05, 3.63) is 0 Å². The van der Waals surface area contributed by atoms with Crippen molar-refractivity contribution in [2.45, 2.75) is 25.3 Å². The molecule has 0 unspecified atom stereocenters. The van der Waals surface area contributed by atoms with E-state index in [9.17, 15) is 9.59 Å². The zero-order chi connectivity index (χ0) is 8.97. The first-order valence-electron chi connectivity index (χ1n) is 4.01. The van der Waals surface area contributed by atoms with Gasteiger partial charge in [-0.1, -0.05) is 0 Å². The molecule has 1 aliphatic carbocycles. The summed E-state index contributed by atoms with van der Waals surface area (Å²) in [4.78, 5) is 21.2. The first-order valence-corrected chi connectivity index (χ1v) is 4.01. The zero-order valence-corrected chi connectivity index (χ0v) is 6.80. The van der Waals surface area contributed by atoms with E-state index < -0.39 is 6.03 Å². The number of amides is 3. The molecule has 0 aliphatic heterocycles. The third kappa shape index (κ3) is 3.80. The molecule has 0 aromatic heterocycles. The first kappa shape index (κ1) is 8.83. The molecule has 1 rings (SSSR count). The zero-order valence-electron chi connectivity index (χ0n) is 6.80. The second-order valence-electron chi connectivity index (χ2n) is 2.88. The normalized spacial score (nSPS) is 15.3. The number of rotatable bonds is 4. The molecule has 5 heteroatoms. The van der Waals surface area contributed by atoms with Crippen LogP contribution in [0.3, 0.4) is 0 Å². The lowest BCUT2D eigenvalue weighted by Crippen LogP contribution is -2.34. The summed E-state index contributed by atoms with van der Waals surface area (Å²) in [5.41, 5.74) is 4.81. The number of carbonyl (C=O) groups excluding carboxylic acids is 2. The summed E-state index contributed by atoms with van der Waals surface area (Å²) in [6.07, 6.45) is 2.46. The summed E-state index contributed by atoms with van der Waals surface area (Å²) in [5, 5.41) is 5.14. The molecule has 68 valence electrons.